The predicted octanol–water partition coefficient (Wildman–Crippen LogP) is 2.66. The van der Waals surface area contributed by atoms with Gasteiger partial charge in [-0.3, -0.25) is 14.7 Å². The second kappa shape index (κ2) is 11.2. The molecule has 8 heteroatoms. The predicted molar refractivity (Wildman–Crippen MR) is 106 cm³/mol. The smallest absolute Gasteiger partial charge is 0.237 e. The molecule has 0 saturated carbocycles. The van der Waals surface area contributed by atoms with Crippen LogP contribution in [0.4, 0.5) is 0 Å². The van der Waals surface area contributed by atoms with Crippen molar-refractivity contribution in [1.82, 2.24) is 20.5 Å². The Hall–Kier alpha value is -0.590. The number of hydrogen-bond acceptors (Lipinski definition) is 4. The highest BCUT2D eigenvalue weighted by molar-refractivity contribution is 6.31. The summed E-state index contributed by atoms with van der Waals surface area (Å²) in [6, 6.07) is 2.00. The van der Waals surface area contributed by atoms with Gasteiger partial charge in [0.05, 0.1) is 11.1 Å². The molecular weight excluding hydrogens is 383 g/mol. The number of halogens is 3. The van der Waals surface area contributed by atoms with Gasteiger partial charge in [0.15, 0.2) is 0 Å². The molecule has 2 aliphatic rings. The number of nitrogens with one attached hydrogen (secondary N) is 2. The van der Waals surface area contributed by atoms with E-state index in [2.05, 4.69) is 20.5 Å². The highest BCUT2D eigenvalue weighted by Crippen LogP contribution is 2.21. The number of rotatable bonds is 5. The van der Waals surface area contributed by atoms with Crippen LogP contribution in [0.3, 0.4) is 0 Å². The Morgan fingerprint density at radius 1 is 1.36 bits per heavy atom. The molecular formula is C17H27Cl3N4O. The number of nitrogens with zero attached hydrogens (tertiary/aromatic N) is 2. The van der Waals surface area contributed by atoms with Crippen LogP contribution in [0.25, 0.3) is 0 Å². The van der Waals surface area contributed by atoms with Crippen LogP contribution in [0.1, 0.15) is 31.2 Å². The van der Waals surface area contributed by atoms with Gasteiger partial charge in [-0.05, 0) is 56.3 Å². The lowest BCUT2D eigenvalue weighted by molar-refractivity contribution is -0.123. The molecule has 3 rings (SSSR count). The summed E-state index contributed by atoms with van der Waals surface area (Å²) in [5.74, 6) is 0.687. The summed E-state index contributed by atoms with van der Waals surface area (Å²) in [5.41, 5.74) is 1.13. The van der Waals surface area contributed by atoms with Gasteiger partial charge in [-0.15, -0.1) is 24.8 Å². The molecule has 0 aromatic carbocycles. The molecule has 2 atom stereocenters. The van der Waals surface area contributed by atoms with Gasteiger partial charge in [-0.2, -0.15) is 0 Å². The van der Waals surface area contributed by atoms with Crippen LogP contribution in [0.2, 0.25) is 5.02 Å². The molecule has 2 N–H and O–H groups in total. The first-order valence-electron chi connectivity index (χ1n) is 8.54. The minimum atomic E-state index is 0. The Morgan fingerprint density at radius 2 is 2.20 bits per heavy atom. The molecule has 3 heterocycles. The molecule has 2 aliphatic heterocycles. The van der Waals surface area contributed by atoms with Crippen LogP contribution >= 0.6 is 36.4 Å². The Kier molecular flexibility index (Phi) is 10.1. The summed E-state index contributed by atoms with van der Waals surface area (Å²) in [4.78, 5) is 18.6. The Balaban J connectivity index is 0.00000156. The van der Waals surface area contributed by atoms with Crippen LogP contribution in [0.15, 0.2) is 18.5 Å². The third kappa shape index (κ3) is 6.57. The molecule has 2 unspecified atom stereocenters. The summed E-state index contributed by atoms with van der Waals surface area (Å²) in [7, 11) is 0. The van der Waals surface area contributed by atoms with E-state index in [0.29, 0.717) is 5.92 Å². The van der Waals surface area contributed by atoms with Crippen molar-refractivity contribution in [1.29, 1.82) is 0 Å². The lowest BCUT2D eigenvalue weighted by Gasteiger charge is -2.33. The monoisotopic (exact) mass is 408 g/mol. The first-order valence-corrected chi connectivity index (χ1v) is 8.92. The third-order valence-corrected chi connectivity index (χ3v) is 5.14. The molecule has 0 radical (unpaired) electrons. The molecule has 1 aromatic rings. The van der Waals surface area contributed by atoms with Crippen LogP contribution in [0.5, 0.6) is 0 Å². The lowest BCUT2D eigenvalue weighted by Crippen LogP contribution is -2.45. The first-order chi connectivity index (χ1) is 11.2. The van der Waals surface area contributed by atoms with E-state index < -0.39 is 0 Å². The van der Waals surface area contributed by atoms with Gasteiger partial charge in [0, 0.05) is 32.0 Å². The quantitative estimate of drug-likeness (QED) is 0.785. The SMILES string of the molecule is Cl.Cl.O=C(NCC1CCCN(Cc2ccncc2Cl)C1)C1CCCN1. The average molecular weight is 410 g/mol. The molecule has 0 spiro atoms. The summed E-state index contributed by atoms with van der Waals surface area (Å²) < 4.78 is 0. The Bertz CT molecular complexity index is 540. The normalized spacial score (nSPS) is 23.4. The highest BCUT2D eigenvalue weighted by atomic mass is 35.5. The van der Waals surface area contributed by atoms with Crippen LogP contribution in [-0.4, -0.2) is 48.0 Å². The van der Waals surface area contributed by atoms with E-state index in [-0.39, 0.29) is 36.8 Å². The zero-order valence-electron chi connectivity index (χ0n) is 14.2. The van der Waals surface area contributed by atoms with Crippen molar-refractivity contribution in [3.05, 3.63) is 29.0 Å². The Morgan fingerprint density at radius 3 is 2.92 bits per heavy atom. The van der Waals surface area contributed by atoms with E-state index in [1.54, 1.807) is 12.4 Å². The van der Waals surface area contributed by atoms with Crippen LogP contribution < -0.4 is 10.6 Å². The number of aromatic nitrogens is 1. The van der Waals surface area contributed by atoms with E-state index in [1.807, 2.05) is 6.07 Å². The van der Waals surface area contributed by atoms with Crippen LogP contribution in [0, 0.1) is 5.92 Å². The fourth-order valence-corrected chi connectivity index (χ4v) is 3.69. The largest absolute Gasteiger partial charge is 0.354 e. The second-order valence-electron chi connectivity index (χ2n) is 6.60. The average Bonchev–Trinajstić information content (AvgIpc) is 3.10. The molecule has 2 saturated heterocycles. The fourth-order valence-electron chi connectivity index (χ4n) is 3.51. The standard InChI is InChI=1S/C17H25ClN4O.2ClH/c18-15-10-19-7-5-14(15)12-22-8-2-3-13(11-22)9-21-17(23)16-4-1-6-20-16;;/h5,7,10,13,16,20H,1-4,6,8-9,11-12H2,(H,21,23);2*1H. The molecule has 2 fully saturated rings. The Labute approximate surface area is 167 Å². The van der Waals surface area contributed by atoms with Gasteiger partial charge in [-0.1, -0.05) is 11.6 Å². The van der Waals surface area contributed by atoms with E-state index in [0.717, 1.165) is 56.2 Å². The second-order valence-corrected chi connectivity index (χ2v) is 7.01. The summed E-state index contributed by atoms with van der Waals surface area (Å²) in [6.45, 7) is 4.69. The zero-order chi connectivity index (χ0) is 16.1. The third-order valence-electron chi connectivity index (χ3n) is 4.80. The molecule has 0 bridgehead atoms. The summed E-state index contributed by atoms with van der Waals surface area (Å²) >= 11 is 6.20. The number of carbonyl (C=O) groups is 1. The minimum Gasteiger partial charge on any atom is -0.354 e. The van der Waals surface area contributed by atoms with Gasteiger partial charge >= 0.3 is 0 Å². The van der Waals surface area contributed by atoms with Crippen molar-refractivity contribution in [3.8, 4) is 0 Å². The van der Waals surface area contributed by atoms with E-state index in [9.17, 15) is 4.79 Å². The summed E-state index contributed by atoms with van der Waals surface area (Å²) in [5, 5.41) is 7.11. The maximum absolute atomic E-state index is 12.1. The number of hydrogen-bond donors (Lipinski definition) is 2. The molecule has 5 nitrogen and oxygen atoms in total. The van der Waals surface area contributed by atoms with Gasteiger partial charge < -0.3 is 10.6 Å². The van der Waals surface area contributed by atoms with Crippen molar-refractivity contribution in [2.45, 2.75) is 38.3 Å². The number of pyridine rings is 1. The fraction of sp³-hybridized carbons (Fsp3) is 0.647. The van der Waals surface area contributed by atoms with Crippen molar-refractivity contribution in [3.63, 3.8) is 0 Å². The highest BCUT2D eigenvalue weighted by Gasteiger charge is 2.24. The number of piperidine rings is 1. The van der Waals surface area contributed by atoms with Crippen molar-refractivity contribution < 1.29 is 4.79 Å². The van der Waals surface area contributed by atoms with E-state index in [1.165, 1.54) is 12.8 Å². The van der Waals surface area contributed by atoms with E-state index >= 15 is 0 Å². The summed E-state index contributed by atoms with van der Waals surface area (Å²) in [6.07, 6.45) is 7.90. The molecule has 142 valence electrons. The topological polar surface area (TPSA) is 57.3 Å². The van der Waals surface area contributed by atoms with Crippen LogP contribution in [-0.2, 0) is 11.3 Å². The maximum atomic E-state index is 12.1. The van der Waals surface area contributed by atoms with Crippen molar-refractivity contribution >= 4 is 42.3 Å². The molecule has 0 aliphatic carbocycles. The number of likely N-dealkylation sites (tertiary alicyclic amines) is 1. The van der Waals surface area contributed by atoms with Gasteiger partial charge in [0.25, 0.3) is 0 Å². The molecule has 25 heavy (non-hydrogen) atoms. The maximum Gasteiger partial charge on any atom is 0.237 e. The molecule has 1 aromatic heterocycles. The van der Waals surface area contributed by atoms with Crippen molar-refractivity contribution in [2.75, 3.05) is 26.2 Å². The zero-order valence-corrected chi connectivity index (χ0v) is 16.6. The van der Waals surface area contributed by atoms with Crippen molar-refractivity contribution in [2.24, 2.45) is 5.92 Å². The van der Waals surface area contributed by atoms with E-state index in [4.69, 9.17) is 11.6 Å². The van der Waals surface area contributed by atoms with Gasteiger partial charge in [-0.25, -0.2) is 0 Å². The minimum absolute atomic E-state index is 0. The van der Waals surface area contributed by atoms with Gasteiger partial charge in [0.2, 0.25) is 5.91 Å². The number of amides is 1. The lowest BCUT2D eigenvalue weighted by atomic mass is 9.97. The first kappa shape index (κ1) is 22.5. The molecule has 1 amide bonds. The number of carbonyl (C=O) groups excluding carboxylic acids is 1. The van der Waals surface area contributed by atoms with Gasteiger partial charge in [0.1, 0.15) is 0 Å².